The number of carbonyl (C=O) groups is 1. The summed E-state index contributed by atoms with van der Waals surface area (Å²) in [5.74, 6) is 0.193. The molecule has 1 fully saturated rings. The van der Waals surface area contributed by atoms with Gasteiger partial charge in [0, 0.05) is 19.8 Å². The van der Waals surface area contributed by atoms with Crippen molar-refractivity contribution in [3.8, 4) is 0 Å². The maximum absolute atomic E-state index is 12.8. The van der Waals surface area contributed by atoms with E-state index < -0.39 is 6.10 Å². The number of likely N-dealkylation sites (tertiary alicyclic amines) is 1. The van der Waals surface area contributed by atoms with Crippen molar-refractivity contribution in [1.82, 2.24) is 29.4 Å². The van der Waals surface area contributed by atoms with Crippen LogP contribution in [0.25, 0.3) is 0 Å². The first-order chi connectivity index (χ1) is 13.1. The number of hydrogen-bond acceptors (Lipinski definition) is 5. The molecule has 2 aliphatic rings. The number of amides is 1. The van der Waals surface area contributed by atoms with E-state index in [1.807, 2.05) is 15.6 Å². The Kier molecular flexibility index (Phi) is 5.27. The lowest BCUT2D eigenvalue weighted by molar-refractivity contribution is -0.133. The third kappa shape index (κ3) is 3.91. The smallest absolute Gasteiger partial charge is 0.237 e. The van der Waals surface area contributed by atoms with Crippen molar-refractivity contribution in [3.63, 3.8) is 0 Å². The molecule has 2 aromatic heterocycles. The van der Waals surface area contributed by atoms with Gasteiger partial charge in [0.15, 0.2) is 0 Å². The largest absolute Gasteiger partial charge is 0.380 e. The van der Waals surface area contributed by atoms with Crippen molar-refractivity contribution in [1.29, 1.82) is 0 Å². The molecule has 27 heavy (non-hydrogen) atoms. The van der Waals surface area contributed by atoms with Crippen LogP contribution in [0.1, 0.15) is 48.9 Å². The van der Waals surface area contributed by atoms with Crippen molar-refractivity contribution in [2.75, 3.05) is 26.2 Å². The van der Waals surface area contributed by atoms with Crippen LogP contribution in [-0.4, -0.2) is 66.6 Å². The molecule has 1 N–H and O–H groups in total. The summed E-state index contributed by atoms with van der Waals surface area (Å²) in [6, 6.07) is 3.70. The van der Waals surface area contributed by atoms with Crippen LogP contribution in [0.15, 0.2) is 18.3 Å². The van der Waals surface area contributed by atoms with Gasteiger partial charge in [-0.25, -0.2) is 0 Å². The number of nitrogens with zero attached hydrogens (tertiary/aromatic N) is 6. The molecule has 1 saturated heterocycles. The van der Waals surface area contributed by atoms with E-state index >= 15 is 0 Å². The molecule has 0 saturated carbocycles. The van der Waals surface area contributed by atoms with Crippen molar-refractivity contribution >= 4 is 5.91 Å². The van der Waals surface area contributed by atoms with Crippen LogP contribution >= 0.6 is 0 Å². The lowest BCUT2D eigenvalue weighted by atomic mass is 10.1. The quantitative estimate of drug-likeness (QED) is 0.863. The fourth-order valence-electron chi connectivity index (χ4n) is 4.02. The molecule has 4 rings (SSSR count). The molecule has 0 radical (unpaired) electrons. The highest BCUT2D eigenvalue weighted by Crippen LogP contribution is 2.23. The minimum Gasteiger partial charge on any atom is -0.380 e. The van der Waals surface area contributed by atoms with E-state index in [9.17, 15) is 9.90 Å². The van der Waals surface area contributed by atoms with Crippen LogP contribution in [0, 0.1) is 0 Å². The molecule has 0 unspecified atom stereocenters. The number of carbonyl (C=O) groups excluding carboxylic acids is 1. The maximum Gasteiger partial charge on any atom is 0.237 e. The SMILES string of the molecule is Cn1nccc1[C@@H](O)c1cc2n(n1)CCN(C(=O)CN1CCCCCC1)C2. The molecular formula is C19H28N6O2. The Morgan fingerprint density at radius 1 is 1.19 bits per heavy atom. The van der Waals surface area contributed by atoms with Gasteiger partial charge in [0.2, 0.25) is 5.91 Å². The molecule has 2 aromatic rings. The molecule has 8 nitrogen and oxygen atoms in total. The fourth-order valence-corrected chi connectivity index (χ4v) is 4.02. The molecule has 1 atom stereocenters. The van der Waals surface area contributed by atoms with Crippen molar-refractivity contribution in [3.05, 3.63) is 35.4 Å². The highest BCUT2D eigenvalue weighted by molar-refractivity contribution is 5.78. The minimum atomic E-state index is -0.808. The minimum absolute atomic E-state index is 0.193. The number of aliphatic hydroxyl groups is 1. The zero-order valence-electron chi connectivity index (χ0n) is 15.9. The monoisotopic (exact) mass is 372 g/mol. The van der Waals surface area contributed by atoms with E-state index in [4.69, 9.17) is 0 Å². The molecule has 8 heteroatoms. The lowest BCUT2D eigenvalue weighted by Crippen LogP contribution is -2.44. The standard InChI is InChI=1S/C19H28N6O2/c1-22-17(6-7-20-22)19(27)16-12-15-13-24(10-11-25(15)21-16)18(26)14-23-8-4-2-3-5-9-23/h6-7,12,19,27H,2-5,8-11,13-14H2,1H3/t19-/m0/s1. The Morgan fingerprint density at radius 3 is 2.67 bits per heavy atom. The Morgan fingerprint density at radius 2 is 1.96 bits per heavy atom. The highest BCUT2D eigenvalue weighted by atomic mass is 16.3. The summed E-state index contributed by atoms with van der Waals surface area (Å²) in [6.45, 7) is 4.45. The Bertz CT molecular complexity index is 790. The summed E-state index contributed by atoms with van der Waals surface area (Å²) in [7, 11) is 1.80. The first-order valence-corrected chi connectivity index (χ1v) is 9.84. The summed E-state index contributed by atoms with van der Waals surface area (Å²) in [5, 5.41) is 19.3. The van der Waals surface area contributed by atoms with Crippen molar-refractivity contribution in [2.45, 2.75) is 44.9 Å². The summed E-state index contributed by atoms with van der Waals surface area (Å²) >= 11 is 0. The fraction of sp³-hybridized carbons (Fsp3) is 0.632. The van der Waals surface area contributed by atoms with Crippen LogP contribution in [-0.2, 0) is 24.9 Å². The second-order valence-electron chi connectivity index (χ2n) is 7.57. The predicted molar refractivity (Wildman–Crippen MR) is 99.8 cm³/mol. The highest BCUT2D eigenvalue weighted by Gasteiger charge is 2.26. The van der Waals surface area contributed by atoms with Gasteiger partial charge in [-0.05, 0) is 38.1 Å². The Balaban J connectivity index is 1.41. The molecule has 0 bridgehead atoms. The zero-order chi connectivity index (χ0) is 18.8. The van der Waals surface area contributed by atoms with Crippen LogP contribution < -0.4 is 0 Å². The summed E-state index contributed by atoms with van der Waals surface area (Å²) in [5.41, 5.74) is 2.29. The van der Waals surface area contributed by atoms with E-state index in [-0.39, 0.29) is 5.91 Å². The summed E-state index contributed by atoms with van der Waals surface area (Å²) in [4.78, 5) is 17.0. The average Bonchev–Trinajstić information content (AvgIpc) is 3.20. The zero-order valence-corrected chi connectivity index (χ0v) is 15.9. The third-order valence-electron chi connectivity index (χ3n) is 5.65. The van der Waals surface area contributed by atoms with E-state index in [1.165, 1.54) is 25.7 Å². The van der Waals surface area contributed by atoms with Crippen molar-refractivity contribution in [2.24, 2.45) is 7.05 Å². The van der Waals surface area contributed by atoms with E-state index in [0.29, 0.717) is 37.6 Å². The average molecular weight is 372 g/mol. The summed E-state index contributed by atoms with van der Waals surface area (Å²) in [6.07, 6.45) is 5.78. The molecule has 0 aliphatic carbocycles. The predicted octanol–water partition coefficient (Wildman–Crippen LogP) is 0.916. The molecule has 4 heterocycles. The van der Waals surface area contributed by atoms with Gasteiger partial charge in [-0.3, -0.25) is 19.1 Å². The number of aromatic nitrogens is 4. The number of fused-ring (bicyclic) bond motifs is 1. The van der Waals surface area contributed by atoms with Gasteiger partial charge >= 0.3 is 0 Å². The van der Waals surface area contributed by atoms with Crippen LogP contribution in [0.3, 0.4) is 0 Å². The van der Waals surface area contributed by atoms with Gasteiger partial charge in [-0.15, -0.1) is 0 Å². The Labute approximate surface area is 159 Å². The molecule has 0 aromatic carbocycles. The van der Waals surface area contributed by atoms with Crippen molar-refractivity contribution < 1.29 is 9.90 Å². The van der Waals surface area contributed by atoms with Gasteiger partial charge < -0.3 is 10.0 Å². The van der Waals surface area contributed by atoms with Crippen LogP contribution in [0.4, 0.5) is 0 Å². The van der Waals surface area contributed by atoms with Gasteiger partial charge in [-0.2, -0.15) is 10.2 Å². The first-order valence-electron chi connectivity index (χ1n) is 9.84. The van der Waals surface area contributed by atoms with E-state index in [2.05, 4.69) is 15.1 Å². The second-order valence-corrected chi connectivity index (χ2v) is 7.57. The van der Waals surface area contributed by atoms with Crippen LogP contribution in [0.2, 0.25) is 0 Å². The van der Waals surface area contributed by atoms with Gasteiger partial charge in [0.1, 0.15) is 6.10 Å². The molecular weight excluding hydrogens is 344 g/mol. The van der Waals surface area contributed by atoms with Gasteiger partial charge in [-0.1, -0.05) is 12.8 Å². The second kappa shape index (κ2) is 7.82. The normalized spacial score (nSPS) is 19.6. The number of aryl methyl sites for hydroxylation is 1. The van der Waals surface area contributed by atoms with E-state index in [0.717, 1.165) is 18.8 Å². The topological polar surface area (TPSA) is 79.4 Å². The van der Waals surface area contributed by atoms with E-state index in [1.54, 1.807) is 24.0 Å². The molecule has 146 valence electrons. The first kappa shape index (κ1) is 18.2. The lowest BCUT2D eigenvalue weighted by Gasteiger charge is -2.30. The maximum atomic E-state index is 12.8. The van der Waals surface area contributed by atoms with Crippen LogP contribution in [0.5, 0.6) is 0 Å². The molecule has 0 spiro atoms. The third-order valence-corrected chi connectivity index (χ3v) is 5.65. The number of hydrogen-bond donors (Lipinski definition) is 1. The number of aliphatic hydroxyl groups excluding tert-OH is 1. The summed E-state index contributed by atoms with van der Waals surface area (Å²) < 4.78 is 3.56. The van der Waals surface area contributed by atoms with Gasteiger partial charge in [0.05, 0.1) is 36.7 Å². The number of rotatable bonds is 4. The molecule has 1 amide bonds. The molecule has 2 aliphatic heterocycles. The Hall–Kier alpha value is -2.19. The van der Waals surface area contributed by atoms with Gasteiger partial charge in [0.25, 0.3) is 0 Å².